The number of halogens is 1. The Hall–Kier alpha value is -1.46. The number of carbonyl (C=O) groups excluding carboxylic acids is 1. The third-order valence-corrected chi connectivity index (χ3v) is 5.64. The van der Waals surface area contributed by atoms with Gasteiger partial charge in [0.15, 0.2) is 0 Å². The molecule has 138 valence electrons. The third-order valence-electron chi connectivity index (χ3n) is 5.64. The van der Waals surface area contributed by atoms with Crippen molar-refractivity contribution >= 4 is 5.91 Å². The van der Waals surface area contributed by atoms with Crippen molar-refractivity contribution in [2.75, 3.05) is 19.7 Å². The van der Waals surface area contributed by atoms with Gasteiger partial charge >= 0.3 is 0 Å². The van der Waals surface area contributed by atoms with Crippen LogP contribution in [-0.2, 0) is 11.3 Å². The molecule has 2 N–H and O–H groups in total. The van der Waals surface area contributed by atoms with Gasteiger partial charge in [0.1, 0.15) is 5.82 Å². The van der Waals surface area contributed by atoms with E-state index < -0.39 is 0 Å². The number of nitrogens with one attached hydrogen (secondary N) is 1. The Kier molecular flexibility index (Phi) is 6.43. The van der Waals surface area contributed by atoms with E-state index in [4.69, 9.17) is 0 Å². The number of hydrogen-bond donors (Lipinski definition) is 2. The SMILES string of the molecule is O=C(NC1CCCCC1CO)C1CCCN(Cc2cccc(F)c2)C1. The highest BCUT2D eigenvalue weighted by Crippen LogP contribution is 2.25. The number of hydrogen-bond acceptors (Lipinski definition) is 3. The van der Waals surface area contributed by atoms with E-state index in [9.17, 15) is 14.3 Å². The molecular weight excluding hydrogens is 319 g/mol. The second-order valence-electron chi connectivity index (χ2n) is 7.55. The van der Waals surface area contributed by atoms with Crippen LogP contribution in [0.4, 0.5) is 4.39 Å². The molecule has 0 spiro atoms. The van der Waals surface area contributed by atoms with Crippen LogP contribution >= 0.6 is 0 Å². The Morgan fingerprint density at radius 2 is 2.08 bits per heavy atom. The molecule has 1 aliphatic carbocycles. The lowest BCUT2D eigenvalue weighted by molar-refractivity contribution is -0.128. The first-order chi connectivity index (χ1) is 12.2. The Labute approximate surface area is 149 Å². The fourth-order valence-electron chi connectivity index (χ4n) is 4.22. The van der Waals surface area contributed by atoms with Crippen molar-refractivity contribution in [1.82, 2.24) is 10.2 Å². The normalized spacial score (nSPS) is 27.8. The number of likely N-dealkylation sites (tertiary alicyclic amines) is 1. The lowest BCUT2D eigenvalue weighted by atomic mass is 9.84. The topological polar surface area (TPSA) is 52.6 Å². The Morgan fingerprint density at radius 1 is 1.24 bits per heavy atom. The molecule has 2 aliphatic rings. The maximum atomic E-state index is 13.4. The van der Waals surface area contributed by atoms with Crippen molar-refractivity contribution in [3.8, 4) is 0 Å². The van der Waals surface area contributed by atoms with Gasteiger partial charge in [0.2, 0.25) is 5.91 Å². The Bertz CT molecular complexity index is 581. The fourth-order valence-corrected chi connectivity index (χ4v) is 4.22. The van der Waals surface area contributed by atoms with Gasteiger partial charge in [-0.3, -0.25) is 9.69 Å². The van der Waals surface area contributed by atoms with E-state index in [1.807, 2.05) is 6.07 Å². The lowest BCUT2D eigenvalue weighted by Gasteiger charge is -2.35. The molecule has 4 nitrogen and oxygen atoms in total. The summed E-state index contributed by atoms with van der Waals surface area (Å²) in [5.74, 6) is 0.0960. The number of amides is 1. The molecule has 1 saturated carbocycles. The minimum atomic E-state index is -0.212. The molecule has 1 amide bonds. The van der Waals surface area contributed by atoms with Gasteiger partial charge in [-0.1, -0.05) is 25.0 Å². The van der Waals surface area contributed by atoms with E-state index in [1.54, 1.807) is 12.1 Å². The van der Waals surface area contributed by atoms with Crippen LogP contribution in [0.5, 0.6) is 0 Å². The molecule has 1 aromatic carbocycles. The number of rotatable bonds is 5. The van der Waals surface area contributed by atoms with E-state index in [-0.39, 0.29) is 36.2 Å². The number of nitrogens with zero attached hydrogens (tertiary/aromatic N) is 1. The number of piperidine rings is 1. The predicted molar refractivity (Wildman–Crippen MR) is 95.4 cm³/mol. The predicted octanol–water partition coefficient (Wildman–Crippen LogP) is 2.71. The molecular formula is C20H29FN2O2. The highest BCUT2D eigenvalue weighted by Gasteiger charge is 2.30. The number of aliphatic hydroxyl groups is 1. The van der Waals surface area contributed by atoms with Crippen molar-refractivity contribution in [2.24, 2.45) is 11.8 Å². The van der Waals surface area contributed by atoms with Crippen molar-refractivity contribution in [3.63, 3.8) is 0 Å². The molecule has 3 unspecified atom stereocenters. The quantitative estimate of drug-likeness (QED) is 0.860. The molecule has 1 aliphatic heterocycles. The molecule has 0 bridgehead atoms. The summed E-state index contributed by atoms with van der Waals surface area (Å²) in [6, 6.07) is 6.80. The fraction of sp³-hybridized carbons (Fsp3) is 0.650. The summed E-state index contributed by atoms with van der Waals surface area (Å²) in [4.78, 5) is 14.9. The van der Waals surface area contributed by atoms with Gasteiger partial charge < -0.3 is 10.4 Å². The van der Waals surface area contributed by atoms with Gasteiger partial charge in [0, 0.05) is 31.7 Å². The molecule has 3 atom stereocenters. The maximum Gasteiger partial charge on any atom is 0.224 e. The van der Waals surface area contributed by atoms with Crippen LogP contribution in [-0.4, -0.2) is 41.7 Å². The molecule has 0 aromatic heterocycles. The zero-order valence-electron chi connectivity index (χ0n) is 14.8. The minimum absolute atomic E-state index is 0.0106. The van der Waals surface area contributed by atoms with Crippen LogP contribution in [0.1, 0.15) is 44.1 Å². The van der Waals surface area contributed by atoms with E-state index in [0.717, 1.165) is 57.2 Å². The van der Waals surface area contributed by atoms with Gasteiger partial charge in [-0.2, -0.15) is 0 Å². The molecule has 1 heterocycles. The summed E-state index contributed by atoms with van der Waals surface area (Å²) in [5.41, 5.74) is 0.952. The average Bonchev–Trinajstić information content (AvgIpc) is 2.62. The average molecular weight is 348 g/mol. The van der Waals surface area contributed by atoms with Crippen LogP contribution in [0.2, 0.25) is 0 Å². The van der Waals surface area contributed by atoms with E-state index in [1.165, 1.54) is 6.07 Å². The van der Waals surface area contributed by atoms with Crippen molar-refractivity contribution in [2.45, 2.75) is 51.1 Å². The van der Waals surface area contributed by atoms with Crippen molar-refractivity contribution in [3.05, 3.63) is 35.6 Å². The largest absolute Gasteiger partial charge is 0.396 e. The molecule has 2 fully saturated rings. The van der Waals surface area contributed by atoms with Gasteiger partial charge in [-0.15, -0.1) is 0 Å². The molecule has 0 radical (unpaired) electrons. The first-order valence-corrected chi connectivity index (χ1v) is 9.53. The van der Waals surface area contributed by atoms with Crippen molar-refractivity contribution in [1.29, 1.82) is 0 Å². The van der Waals surface area contributed by atoms with Gasteiger partial charge in [-0.05, 0) is 49.9 Å². The maximum absolute atomic E-state index is 13.4. The summed E-state index contributed by atoms with van der Waals surface area (Å²) < 4.78 is 13.4. The van der Waals surface area contributed by atoms with E-state index in [2.05, 4.69) is 10.2 Å². The Morgan fingerprint density at radius 3 is 2.88 bits per heavy atom. The first-order valence-electron chi connectivity index (χ1n) is 9.53. The summed E-state index contributed by atoms with van der Waals surface area (Å²) in [6.45, 7) is 2.51. The summed E-state index contributed by atoms with van der Waals surface area (Å²) >= 11 is 0. The molecule has 25 heavy (non-hydrogen) atoms. The second kappa shape index (κ2) is 8.77. The van der Waals surface area contributed by atoms with E-state index >= 15 is 0 Å². The number of carbonyl (C=O) groups is 1. The van der Waals surface area contributed by atoms with Crippen LogP contribution in [0.3, 0.4) is 0 Å². The van der Waals surface area contributed by atoms with Crippen LogP contribution in [0, 0.1) is 17.7 Å². The summed E-state index contributed by atoms with van der Waals surface area (Å²) in [7, 11) is 0. The molecule has 3 rings (SSSR count). The van der Waals surface area contributed by atoms with Gasteiger partial charge in [0.25, 0.3) is 0 Å². The third kappa shape index (κ3) is 5.02. The van der Waals surface area contributed by atoms with Gasteiger partial charge in [-0.25, -0.2) is 4.39 Å². The van der Waals surface area contributed by atoms with Gasteiger partial charge in [0.05, 0.1) is 5.92 Å². The van der Waals surface area contributed by atoms with Crippen molar-refractivity contribution < 1.29 is 14.3 Å². The molecule has 1 aromatic rings. The van der Waals surface area contributed by atoms with E-state index in [0.29, 0.717) is 6.54 Å². The second-order valence-corrected chi connectivity index (χ2v) is 7.55. The van der Waals surface area contributed by atoms with Crippen LogP contribution in [0.15, 0.2) is 24.3 Å². The standard InChI is InChI=1S/C20H29FN2O2/c21-18-8-3-5-15(11-18)12-23-10-4-7-16(13-23)20(25)22-19-9-2-1-6-17(19)14-24/h3,5,8,11,16-17,19,24H,1-2,4,6-7,9-10,12-14H2,(H,22,25). The number of benzene rings is 1. The number of aliphatic hydroxyl groups excluding tert-OH is 1. The minimum Gasteiger partial charge on any atom is -0.396 e. The summed E-state index contributed by atoms with van der Waals surface area (Å²) in [5, 5.41) is 12.7. The highest BCUT2D eigenvalue weighted by molar-refractivity contribution is 5.79. The van der Waals surface area contributed by atoms with Crippen LogP contribution < -0.4 is 5.32 Å². The molecule has 5 heteroatoms. The first kappa shape index (κ1) is 18.3. The summed E-state index contributed by atoms with van der Waals surface area (Å²) in [6.07, 6.45) is 6.12. The molecule has 1 saturated heterocycles. The highest BCUT2D eigenvalue weighted by atomic mass is 19.1. The monoisotopic (exact) mass is 348 g/mol. The zero-order valence-corrected chi connectivity index (χ0v) is 14.8. The van der Waals surface area contributed by atoms with Crippen LogP contribution in [0.25, 0.3) is 0 Å². The zero-order chi connectivity index (χ0) is 17.6. The smallest absolute Gasteiger partial charge is 0.224 e. The Balaban J connectivity index is 1.54. The lowest BCUT2D eigenvalue weighted by Crippen LogP contribution is -2.49.